The lowest BCUT2D eigenvalue weighted by atomic mass is 10.1. The molecule has 0 saturated carbocycles. The number of benzene rings is 2. The van der Waals surface area contributed by atoms with Crippen LogP contribution in [0.15, 0.2) is 58.0 Å². The van der Waals surface area contributed by atoms with Crippen molar-refractivity contribution < 1.29 is 13.2 Å². The molecular weight excluding hydrogens is 448 g/mol. The predicted molar refractivity (Wildman–Crippen MR) is 111 cm³/mol. The molecule has 0 saturated heterocycles. The lowest BCUT2D eigenvalue weighted by Crippen LogP contribution is -2.12. The number of thiazole rings is 1. The average Bonchev–Trinajstić information content (AvgIpc) is 3.04. The van der Waals surface area contributed by atoms with Crippen LogP contribution < -0.4 is 5.32 Å². The number of sulfone groups is 1. The molecule has 0 aliphatic rings. The van der Waals surface area contributed by atoms with Crippen molar-refractivity contribution >= 4 is 48.1 Å². The Labute approximate surface area is 170 Å². The summed E-state index contributed by atoms with van der Waals surface area (Å²) in [6.45, 7) is 2.04. The van der Waals surface area contributed by atoms with Gasteiger partial charge in [-0.05, 0) is 42.3 Å². The summed E-state index contributed by atoms with van der Waals surface area (Å²) < 4.78 is 24.4. The van der Waals surface area contributed by atoms with Gasteiger partial charge in [-0.25, -0.2) is 13.4 Å². The van der Waals surface area contributed by atoms with Crippen molar-refractivity contribution in [2.45, 2.75) is 18.2 Å². The maximum Gasteiger partial charge on any atom is 0.257 e. The van der Waals surface area contributed by atoms with Crippen LogP contribution in [-0.4, -0.2) is 25.6 Å². The van der Waals surface area contributed by atoms with Gasteiger partial charge in [-0.1, -0.05) is 34.1 Å². The zero-order valence-electron chi connectivity index (χ0n) is 14.7. The Hall–Kier alpha value is -2.03. The second-order valence-electron chi connectivity index (χ2n) is 6.15. The molecule has 1 N–H and O–H groups in total. The minimum atomic E-state index is -3.37. The molecule has 0 aliphatic carbocycles. The quantitative estimate of drug-likeness (QED) is 0.604. The largest absolute Gasteiger partial charge is 0.298 e. The van der Waals surface area contributed by atoms with Crippen LogP contribution in [0.3, 0.4) is 0 Å². The second kappa shape index (κ2) is 7.92. The number of nitrogens with zero attached hydrogens (tertiary/aromatic N) is 1. The highest BCUT2D eigenvalue weighted by atomic mass is 79.9. The van der Waals surface area contributed by atoms with Crippen LogP contribution in [0.2, 0.25) is 0 Å². The zero-order chi connectivity index (χ0) is 19.6. The summed E-state index contributed by atoms with van der Waals surface area (Å²) in [6.07, 6.45) is 3.58. The molecule has 2 aromatic carbocycles. The number of amides is 1. The summed E-state index contributed by atoms with van der Waals surface area (Å²) in [5, 5.41) is 3.21. The Balaban J connectivity index is 1.72. The van der Waals surface area contributed by atoms with Crippen LogP contribution >= 0.6 is 27.3 Å². The van der Waals surface area contributed by atoms with Crippen molar-refractivity contribution in [3.05, 3.63) is 74.7 Å². The van der Waals surface area contributed by atoms with Crippen LogP contribution in [0.4, 0.5) is 5.13 Å². The third-order valence-corrected chi connectivity index (χ3v) is 6.81. The van der Waals surface area contributed by atoms with E-state index in [0.717, 1.165) is 33.2 Å². The van der Waals surface area contributed by atoms with Gasteiger partial charge in [0.1, 0.15) is 0 Å². The number of nitrogens with one attached hydrogen (secondary N) is 1. The molecule has 1 aromatic heterocycles. The molecule has 1 heterocycles. The first-order chi connectivity index (χ1) is 12.7. The van der Waals surface area contributed by atoms with Crippen molar-refractivity contribution in [2.75, 3.05) is 11.6 Å². The Morgan fingerprint density at radius 2 is 2.00 bits per heavy atom. The van der Waals surface area contributed by atoms with Crippen LogP contribution in [0.5, 0.6) is 0 Å². The molecule has 0 fully saturated rings. The van der Waals surface area contributed by atoms with Gasteiger partial charge in [0.15, 0.2) is 15.0 Å². The molecule has 5 nitrogen and oxygen atoms in total. The van der Waals surface area contributed by atoms with Gasteiger partial charge in [0, 0.05) is 33.8 Å². The molecule has 0 radical (unpaired) electrons. The second-order valence-corrected chi connectivity index (χ2v) is 10.1. The first kappa shape index (κ1) is 19.7. The molecule has 3 rings (SSSR count). The van der Waals surface area contributed by atoms with E-state index in [9.17, 15) is 13.2 Å². The number of aromatic nitrogens is 1. The van der Waals surface area contributed by atoms with Crippen molar-refractivity contribution in [3.63, 3.8) is 0 Å². The molecule has 0 aliphatic heterocycles. The SMILES string of the molecule is Cc1cc(Cc2cnc(NC(=O)c3cccc(S(C)(=O)=O)c3)s2)ccc1Br. The molecule has 27 heavy (non-hydrogen) atoms. The zero-order valence-corrected chi connectivity index (χ0v) is 17.9. The van der Waals surface area contributed by atoms with Crippen molar-refractivity contribution in [2.24, 2.45) is 0 Å². The molecule has 0 unspecified atom stereocenters. The highest BCUT2D eigenvalue weighted by Crippen LogP contribution is 2.24. The third kappa shape index (κ3) is 5.03. The van der Waals surface area contributed by atoms with Gasteiger partial charge in [0.05, 0.1) is 4.90 Å². The smallest absolute Gasteiger partial charge is 0.257 e. The van der Waals surface area contributed by atoms with Crippen molar-refractivity contribution in [3.8, 4) is 0 Å². The fourth-order valence-electron chi connectivity index (χ4n) is 2.50. The standard InChI is InChI=1S/C19H17BrN2O3S2/c1-12-8-13(6-7-17(12)20)9-15-11-21-19(26-15)22-18(23)14-4-3-5-16(10-14)27(2,24)25/h3-8,10-11H,9H2,1-2H3,(H,21,22,23). The first-order valence-electron chi connectivity index (χ1n) is 8.03. The minimum absolute atomic E-state index is 0.112. The average molecular weight is 465 g/mol. The fourth-order valence-corrected chi connectivity index (χ4v) is 4.26. The molecule has 8 heteroatoms. The molecule has 140 valence electrons. The highest BCUT2D eigenvalue weighted by Gasteiger charge is 2.13. The van der Waals surface area contributed by atoms with E-state index in [1.165, 1.54) is 23.5 Å². The van der Waals surface area contributed by atoms with E-state index in [-0.39, 0.29) is 16.4 Å². The van der Waals surface area contributed by atoms with Crippen molar-refractivity contribution in [1.82, 2.24) is 4.98 Å². The summed E-state index contributed by atoms with van der Waals surface area (Å²) in [6, 6.07) is 12.1. The molecule has 3 aromatic rings. The molecule has 0 spiro atoms. The van der Waals surface area contributed by atoms with Crippen LogP contribution in [0.25, 0.3) is 0 Å². The number of carbonyl (C=O) groups excluding carboxylic acids is 1. The Kier molecular flexibility index (Phi) is 5.78. The number of carbonyl (C=O) groups is 1. The lowest BCUT2D eigenvalue weighted by Gasteiger charge is -2.04. The number of hydrogen-bond donors (Lipinski definition) is 1. The van der Waals surface area contributed by atoms with Gasteiger partial charge in [-0.3, -0.25) is 10.1 Å². The Morgan fingerprint density at radius 1 is 1.22 bits per heavy atom. The number of rotatable bonds is 5. The van der Waals surface area contributed by atoms with Gasteiger partial charge in [-0.15, -0.1) is 11.3 Å². The summed E-state index contributed by atoms with van der Waals surface area (Å²) in [5.41, 5.74) is 2.60. The Morgan fingerprint density at radius 3 is 2.70 bits per heavy atom. The van der Waals surface area contributed by atoms with Gasteiger partial charge < -0.3 is 0 Å². The number of aryl methyl sites for hydroxylation is 1. The van der Waals surface area contributed by atoms with Crippen LogP contribution in [-0.2, 0) is 16.3 Å². The first-order valence-corrected chi connectivity index (χ1v) is 11.5. The van der Waals surface area contributed by atoms with Crippen LogP contribution in [0, 0.1) is 6.92 Å². The van der Waals surface area contributed by atoms with Gasteiger partial charge in [-0.2, -0.15) is 0 Å². The van der Waals surface area contributed by atoms with E-state index in [0.29, 0.717) is 5.13 Å². The molecule has 0 bridgehead atoms. The van der Waals surface area contributed by atoms with Gasteiger partial charge in [0.25, 0.3) is 5.91 Å². The lowest BCUT2D eigenvalue weighted by molar-refractivity contribution is 0.102. The summed E-state index contributed by atoms with van der Waals surface area (Å²) in [5.74, 6) is -0.388. The fraction of sp³-hybridized carbons (Fsp3) is 0.158. The summed E-state index contributed by atoms with van der Waals surface area (Å²) >= 11 is 4.89. The summed E-state index contributed by atoms with van der Waals surface area (Å²) in [7, 11) is -3.37. The summed E-state index contributed by atoms with van der Waals surface area (Å²) in [4.78, 5) is 17.8. The van der Waals surface area contributed by atoms with Gasteiger partial charge >= 0.3 is 0 Å². The predicted octanol–water partition coefficient (Wildman–Crippen LogP) is 4.46. The van der Waals surface area contributed by atoms with E-state index in [2.05, 4.69) is 32.3 Å². The van der Waals surface area contributed by atoms with E-state index in [1.54, 1.807) is 18.3 Å². The number of anilines is 1. The van der Waals surface area contributed by atoms with E-state index in [1.807, 2.05) is 19.1 Å². The topological polar surface area (TPSA) is 76.1 Å². The normalized spacial score (nSPS) is 11.4. The third-order valence-electron chi connectivity index (χ3n) is 3.90. The van der Waals surface area contributed by atoms with E-state index < -0.39 is 9.84 Å². The van der Waals surface area contributed by atoms with E-state index >= 15 is 0 Å². The maximum absolute atomic E-state index is 12.4. The maximum atomic E-state index is 12.4. The number of halogens is 1. The van der Waals surface area contributed by atoms with Crippen LogP contribution in [0.1, 0.15) is 26.4 Å². The number of hydrogen-bond acceptors (Lipinski definition) is 5. The minimum Gasteiger partial charge on any atom is -0.298 e. The monoisotopic (exact) mass is 464 g/mol. The van der Waals surface area contributed by atoms with Crippen molar-refractivity contribution in [1.29, 1.82) is 0 Å². The molecule has 0 atom stereocenters. The van der Waals surface area contributed by atoms with Gasteiger partial charge in [0.2, 0.25) is 0 Å². The Bertz CT molecular complexity index is 1110. The highest BCUT2D eigenvalue weighted by molar-refractivity contribution is 9.10. The van der Waals surface area contributed by atoms with E-state index in [4.69, 9.17) is 0 Å². The molecular formula is C19H17BrN2O3S2. The molecule has 1 amide bonds.